The lowest BCUT2D eigenvalue weighted by Gasteiger charge is -2.23. The lowest BCUT2D eigenvalue weighted by atomic mass is 9.84. The van der Waals surface area contributed by atoms with Gasteiger partial charge in [0.25, 0.3) is 0 Å². The maximum Gasteiger partial charge on any atom is 0.0598 e. The van der Waals surface area contributed by atoms with E-state index in [9.17, 15) is 0 Å². The minimum absolute atomic E-state index is 0.0191. The van der Waals surface area contributed by atoms with E-state index >= 15 is 0 Å². The van der Waals surface area contributed by atoms with Crippen LogP contribution in [0.2, 0.25) is 0 Å². The summed E-state index contributed by atoms with van der Waals surface area (Å²) in [4.78, 5) is 0. The molecule has 0 aromatic carbocycles. The highest BCUT2D eigenvalue weighted by Crippen LogP contribution is 2.27. The molecule has 0 heterocycles. The summed E-state index contributed by atoms with van der Waals surface area (Å²) < 4.78 is 5.61. The molecule has 22 heavy (non-hydrogen) atoms. The molecule has 1 nitrogen and oxygen atoms in total. The van der Waals surface area contributed by atoms with Gasteiger partial charge < -0.3 is 4.74 Å². The number of hydrogen-bond acceptors (Lipinski definition) is 1. The van der Waals surface area contributed by atoms with E-state index in [2.05, 4.69) is 83.1 Å². The highest BCUT2D eigenvalue weighted by molar-refractivity contribution is 4.66. The molecule has 0 spiro atoms. The molecule has 0 fully saturated rings. The van der Waals surface area contributed by atoms with Crippen LogP contribution in [-0.2, 0) is 4.74 Å². The quantitative estimate of drug-likeness (QED) is 0.522. The smallest absolute Gasteiger partial charge is 0.0598 e. The third kappa shape index (κ3) is 28.2. The van der Waals surface area contributed by atoms with Crippen molar-refractivity contribution in [2.45, 2.75) is 114 Å². The van der Waals surface area contributed by atoms with Crippen LogP contribution in [0.1, 0.15) is 109 Å². The summed E-state index contributed by atoms with van der Waals surface area (Å²) in [6, 6.07) is 0. The van der Waals surface area contributed by atoms with Crippen LogP contribution in [0.15, 0.2) is 0 Å². The van der Waals surface area contributed by atoms with Gasteiger partial charge in [-0.15, -0.1) is 0 Å². The molecule has 0 aliphatic rings. The standard InChI is InChI=1S/C11H24.C10H22O/c1-10(2,3)8-7-9-11(4,5)6;1-9(2,3)7-8-11-10(4,5)6/h7-9H2,1-6H3;7-8H2,1-6H3. The monoisotopic (exact) mass is 314 g/mol. The lowest BCUT2D eigenvalue weighted by Crippen LogP contribution is -2.22. The second-order valence-electron chi connectivity index (χ2n) is 11.2. The van der Waals surface area contributed by atoms with Crippen LogP contribution in [0.4, 0.5) is 0 Å². The molecule has 1 heteroatoms. The highest BCUT2D eigenvalue weighted by atomic mass is 16.5. The van der Waals surface area contributed by atoms with E-state index in [1.807, 2.05) is 0 Å². The lowest BCUT2D eigenvalue weighted by molar-refractivity contribution is -0.0139. The van der Waals surface area contributed by atoms with Crippen LogP contribution in [0, 0.1) is 16.2 Å². The first kappa shape index (κ1) is 24.2. The summed E-state index contributed by atoms with van der Waals surface area (Å²) in [5.74, 6) is 0. The molecule has 0 rings (SSSR count). The van der Waals surface area contributed by atoms with E-state index in [0.29, 0.717) is 16.2 Å². The van der Waals surface area contributed by atoms with Crippen molar-refractivity contribution in [3.05, 3.63) is 0 Å². The molecule has 0 radical (unpaired) electrons. The van der Waals surface area contributed by atoms with E-state index in [-0.39, 0.29) is 5.60 Å². The topological polar surface area (TPSA) is 9.23 Å². The van der Waals surface area contributed by atoms with Gasteiger partial charge in [0.05, 0.1) is 5.60 Å². The van der Waals surface area contributed by atoms with Gasteiger partial charge in [0.2, 0.25) is 0 Å². The average Bonchev–Trinajstić information content (AvgIpc) is 2.08. The summed E-state index contributed by atoms with van der Waals surface area (Å²) in [6.07, 6.45) is 5.20. The Bertz CT molecular complexity index is 204. The van der Waals surface area contributed by atoms with Crippen LogP contribution in [0.25, 0.3) is 0 Å². The van der Waals surface area contributed by atoms with Crippen molar-refractivity contribution >= 4 is 0 Å². The summed E-state index contributed by atoms with van der Waals surface area (Å²) in [5, 5.41) is 0. The summed E-state index contributed by atoms with van der Waals surface area (Å²) in [6.45, 7) is 27.7. The minimum atomic E-state index is 0.0191. The highest BCUT2D eigenvalue weighted by Gasteiger charge is 2.14. The Morgan fingerprint density at radius 2 is 0.818 bits per heavy atom. The molecule has 0 atom stereocenters. The Balaban J connectivity index is 0. The van der Waals surface area contributed by atoms with Crippen LogP contribution < -0.4 is 0 Å². The fraction of sp³-hybridized carbons (Fsp3) is 1.00. The van der Waals surface area contributed by atoms with Gasteiger partial charge in [-0.05, 0) is 56.3 Å². The number of ether oxygens (including phenoxy) is 1. The van der Waals surface area contributed by atoms with Crippen molar-refractivity contribution in [3.8, 4) is 0 Å². The van der Waals surface area contributed by atoms with Crippen molar-refractivity contribution in [2.75, 3.05) is 6.61 Å². The molecule has 136 valence electrons. The van der Waals surface area contributed by atoms with Gasteiger partial charge in [0.1, 0.15) is 0 Å². The van der Waals surface area contributed by atoms with E-state index in [1.54, 1.807) is 0 Å². The maximum absolute atomic E-state index is 5.61. The third-order valence-electron chi connectivity index (χ3n) is 3.24. The molecule has 0 aromatic rings. The molecule has 0 unspecified atom stereocenters. The minimum Gasteiger partial charge on any atom is -0.376 e. The van der Waals surface area contributed by atoms with E-state index in [0.717, 1.165) is 13.0 Å². The molecule has 0 amide bonds. The molecule has 0 aliphatic heterocycles. The van der Waals surface area contributed by atoms with Crippen molar-refractivity contribution in [3.63, 3.8) is 0 Å². The van der Waals surface area contributed by atoms with Gasteiger partial charge in [0, 0.05) is 6.61 Å². The number of hydrogen-bond donors (Lipinski definition) is 0. The fourth-order valence-electron chi connectivity index (χ4n) is 1.81. The molecule has 0 bridgehead atoms. The Morgan fingerprint density at radius 3 is 1.05 bits per heavy atom. The SMILES string of the molecule is CC(C)(C)CCCC(C)(C)C.CC(C)(C)CCOC(C)(C)C. The van der Waals surface area contributed by atoms with Gasteiger partial charge in [-0.3, -0.25) is 0 Å². The normalized spacial score (nSPS) is 13.6. The summed E-state index contributed by atoms with van der Waals surface area (Å²) >= 11 is 0. The Hall–Kier alpha value is -0.0400. The van der Waals surface area contributed by atoms with E-state index in [1.165, 1.54) is 19.3 Å². The Labute approximate surface area is 142 Å². The molecule has 0 saturated carbocycles. The Kier molecular flexibility index (Phi) is 10.2. The summed E-state index contributed by atoms with van der Waals surface area (Å²) in [5.41, 5.74) is 1.45. The zero-order valence-electron chi connectivity index (χ0n) is 17.9. The molecule has 0 aromatic heterocycles. The maximum atomic E-state index is 5.61. The third-order valence-corrected chi connectivity index (χ3v) is 3.24. The largest absolute Gasteiger partial charge is 0.376 e. The molecule has 0 N–H and O–H groups in total. The fourth-order valence-corrected chi connectivity index (χ4v) is 1.81. The van der Waals surface area contributed by atoms with Gasteiger partial charge in [-0.1, -0.05) is 68.7 Å². The molecular weight excluding hydrogens is 268 g/mol. The number of rotatable bonds is 4. The average molecular weight is 315 g/mol. The second-order valence-corrected chi connectivity index (χ2v) is 11.2. The van der Waals surface area contributed by atoms with Crippen molar-refractivity contribution in [2.24, 2.45) is 16.2 Å². The zero-order chi connectivity index (χ0) is 18.2. The van der Waals surface area contributed by atoms with Crippen LogP contribution in [0.3, 0.4) is 0 Å². The van der Waals surface area contributed by atoms with Crippen molar-refractivity contribution in [1.82, 2.24) is 0 Å². The van der Waals surface area contributed by atoms with Crippen LogP contribution >= 0.6 is 0 Å². The van der Waals surface area contributed by atoms with Crippen LogP contribution in [0.5, 0.6) is 0 Å². The zero-order valence-corrected chi connectivity index (χ0v) is 17.9. The molecule has 0 saturated heterocycles. The van der Waals surface area contributed by atoms with Crippen molar-refractivity contribution in [1.29, 1.82) is 0 Å². The van der Waals surface area contributed by atoms with Crippen LogP contribution in [-0.4, -0.2) is 12.2 Å². The summed E-state index contributed by atoms with van der Waals surface area (Å²) in [7, 11) is 0. The van der Waals surface area contributed by atoms with Gasteiger partial charge in [0.15, 0.2) is 0 Å². The first-order chi connectivity index (χ1) is 9.41. The van der Waals surface area contributed by atoms with E-state index in [4.69, 9.17) is 4.74 Å². The van der Waals surface area contributed by atoms with Gasteiger partial charge in [-0.25, -0.2) is 0 Å². The first-order valence-electron chi connectivity index (χ1n) is 9.05. The van der Waals surface area contributed by atoms with Gasteiger partial charge >= 0.3 is 0 Å². The predicted octanol–water partition coefficient (Wildman–Crippen LogP) is 7.49. The van der Waals surface area contributed by atoms with E-state index < -0.39 is 0 Å². The molecular formula is C21H46O. The molecule has 0 aliphatic carbocycles. The second kappa shape index (κ2) is 9.30. The van der Waals surface area contributed by atoms with Crippen molar-refractivity contribution < 1.29 is 4.74 Å². The van der Waals surface area contributed by atoms with Gasteiger partial charge in [-0.2, -0.15) is 0 Å². The Morgan fingerprint density at radius 1 is 0.500 bits per heavy atom. The first-order valence-corrected chi connectivity index (χ1v) is 9.05. The predicted molar refractivity (Wildman–Crippen MR) is 103 cm³/mol.